The molecular weight excluding hydrogens is 422 g/mol. The van der Waals surface area contributed by atoms with Crippen LogP contribution in [0.2, 0.25) is 0 Å². The van der Waals surface area contributed by atoms with E-state index < -0.39 is 10.1 Å². The maximum atomic E-state index is 13.0. The molecule has 1 fully saturated rings. The van der Waals surface area contributed by atoms with Crippen molar-refractivity contribution in [2.24, 2.45) is 0 Å². The highest BCUT2D eigenvalue weighted by Crippen LogP contribution is 2.32. The summed E-state index contributed by atoms with van der Waals surface area (Å²) in [6, 6.07) is 17.5. The van der Waals surface area contributed by atoms with Gasteiger partial charge in [-0.15, -0.1) is 0 Å². The van der Waals surface area contributed by atoms with Gasteiger partial charge >= 0.3 is 10.1 Å². The summed E-state index contributed by atoms with van der Waals surface area (Å²) in [6.45, 7) is 2.60. The van der Waals surface area contributed by atoms with Crippen molar-refractivity contribution in [3.05, 3.63) is 66.2 Å². The zero-order valence-corrected chi connectivity index (χ0v) is 18.0. The minimum atomic E-state index is -4.06. The van der Waals surface area contributed by atoms with Crippen LogP contribution in [-0.4, -0.2) is 51.7 Å². The Morgan fingerprint density at radius 3 is 2.43 bits per heavy atom. The van der Waals surface area contributed by atoms with E-state index in [2.05, 4.69) is 0 Å². The van der Waals surface area contributed by atoms with Crippen molar-refractivity contribution in [3.63, 3.8) is 0 Å². The summed E-state index contributed by atoms with van der Waals surface area (Å²) in [7, 11) is -2.60. The molecule has 0 N–H and O–H groups in total. The number of morpholine rings is 1. The Kier molecular flexibility index (Phi) is 5.90. The molecule has 1 heterocycles. The smallest absolute Gasteiger partial charge is 0.339 e. The van der Waals surface area contributed by atoms with E-state index in [1.54, 1.807) is 30.3 Å². The van der Waals surface area contributed by atoms with Gasteiger partial charge in [-0.1, -0.05) is 42.5 Å². The molecule has 156 valence electrons. The molecule has 0 amide bonds. The fourth-order valence-corrected chi connectivity index (χ4v) is 4.59. The molecule has 0 unspecified atom stereocenters. The Balaban J connectivity index is 1.65. The SMILES string of the molecule is COc1ccc(C(=S)N2CCOCC2)cc1OS(=O)(=O)c1ccc2ccccc2c1. The first-order valence-electron chi connectivity index (χ1n) is 9.46. The van der Waals surface area contributed by atoms with Crippen LogP contribution >= 0.6 is 12.2 Å². The normalized spacial score (nSPS) is 14.5. The van der Waals surface area contributed by atoms with Crippen LogP contribution in [0.4, 0.5) is 0 Å². The number of thiocarbonyl (C=S) groups is 1. The lowest BCUT2D eigenvalue weighted by atomic mass is 10.1. The van der Waals surface area contributed by atoms with Gasteiger partial charge in [0, 0.05) is 18.7 Å². The maximum absolute atomic E-state index is 13.0. The summed E-state index contributed by atoms with van der Waals surface area (Å²) in [5.41, 5.74) is 0.691. The second kappa shape index (κ2) is 8.59. The topological polar surface area (TPSA) is 65.1 Å². The van der Waals surface area contributed by atoms with E-state index in [-0.39, 0.29) is 10.6 Å². The van der Waals surface area contributed by atoms with Gasteiger partial charge in [0.2, 0.25) is 0 Å². The fourth-order valence-electron chi connectivity index (χ4n) is 3.31. The van der Waals surface area contributed by atoms with Crippen molar-refractivity contribution >= 4 is 38.1 Å². The fraction of sp³-hybridized carbons (Fsp3) is 0.227. The number of hydrogen-bond acceptors (Lipinski definition) is 6. The molecule has 0 spiro atoms. The van der Waals surface area contributed by atoms with Gasteiger partial charge in [0.05, 0.1) is 20.3 Å². The van der Waals surface area contributed by atoms with Gasteiger partial charge in [-0.25, -0.2) is 0 Å². The van der Waals surface area contributed by atoms with Crippen molar-refractivity contribution in [1.82, 2.24) is 4.90 Å². The monoisotopic (exact) mass is 443 g/mol. The molecule has 3 aromatic rings. The zero-order chi connectivity index (χ0) is 21.1. The molecule has 4 rings (SSSR count). The van der Waals surface area contributed by atoms with Crippen LogP contribution in [0.1, 0.15) is 5.56 Å². The summed E-state index contributed by atoms with van der Waals surface area (Å²) in [5, 5.41) is 1.77. The van der Waals surface area contributed by atoms with E-state index in [0.717, 1.165) is 10.8 Å². The lowest BCUT2D eigenvalue weighted by Gasteiger charge is -2.29. The highest BCUT2D eigenvalue weighted by molar-refractivity contribution is 7.87. The molecule has 3 aromatic carbocycles. The van der Waals surface area contributed by atoms with Gasteiger partial charge in [-0.05, 0) is 41.1 Å². The summed E-state index contributed by atoms with van der Waals surface area (Å²) >= 11 is 5.59. The average Bonchev–Trinajstić information content (AvgIpc) is 2.78. The Bertz CT molecular complexity index is 1190. The van der Waals surface area contributed by atoms with Crippen LogP contribution in [-0.2, 0) is 14.9 Å². The van der Waals surface area contributed by atoms with E-state index in [0.29, 0.717) is 42.6 Å². The molecule has 30 heavy (non-hydrogen) atoms. The second-order valence-corrected chi connectivity index (χ2v) is 8.75. The molecule has 0 aliphatic carbocycles. The third-order valence-electron chi connectivity index (χ3n) is 4.92. The molecule has 0 saturated carbocycles. The number of rotatable bonds is 5. The molecule has 8 heteroatoms. The number of nitrogens with zero attached hydrogens (tertiary/aromatic N) is 1. The van der Waals surface area contributed by atoms with Crippen molar-refractivity contribution in [1.29, 1.82) is 0 Å². The van der Waals surface area contributed by atoms with Gasteiger partial charge in [0.15, 0.2) is 11.5 Å². The van der Waals surface area contributed by atoms with E-state index >= 15 is 0 Å². The Morgan fingerprint density at radius 2 is 1.70 bits per heavy atom. The van der Waals surface area contributed by atoms with Crippen LogP contribution in [0.25, 0.3) is 10.8 Å². The van der Waals surface area contributed by atoms with Gasteiger partial charge in [-0.2, -0.15) is 8.42 Å². The Labute approximate surface area is 181 Å². The number of fused-ring (bicyclic) bond motifs is 1. The first-order valence-corrected chi connectivity index (χ1v) is 11.3. The first kappa shape index (κ1) is 20.6. The van der Waals surface area contributed by atoms with Crippen LogP contribution in [0, 0.1) is 0 Å². The van der Waals surface area contributed by atoms with E-state index in [1.165, 1.54) is 13.2 Å². The zero-order valence-electron chi connectivity index (χ0n) is 16.4. The van der Waals surface area contributed by atoms with Crippen LogP contribution < -0.4 is 8.92 Å². The van der Waals surface area contributed by atoms with Crippen LogP contribution in [0.3, 0.4) is 0 Å². The quantitative estimate of drug-likeness (QED) is 0.441. The lowest BCUT2D eigenvalue weighted by molar-refractivity contribution is 0.0693. The van der Waals surface area contributed by atoms with Crippen molar-refractivity contribution < 1.29 is 22.1 Å². The standard InChI is InChI=1S/C22H21NO5S2/c1-26-20-9-7-18(22(29)23-10-12-27-13-11-23)15-21(20)28-30(24,25)19-8-6-16-4-2-3-5-17(16)14-19/h2-9,14-15H,10-13H2,1H3. The minimum absolute atomic E-state index is 0.0735. The molecule has 0 bridgehead atoms. The number of hydrogen-bond donors (Lipinski definition) is 0. The highest BCUT2D eigenvalue weighted by atomic mass is 32.2. The van der Waals surface area contributed by atoms with Gasteiger partial charge in [-0.3, -0.25) is 0 Å². The van der Waals surface area contributed by atoms with Crippen molar-refractivity contribution in [2.75, 3.05) is 33.4 Å². The van der Waals surface area contributed by atoms with Crippen molar-refractivity contribution in [2.45, 2.75) is 4.90 Å². The average molecular weight is 444 g/mol. The highest BCUT2D eigenvalue weighted by Gasteiger charge is 2.22. The predicted octanol–water partition coefficient (Wildman–Crippen LogP) is 3.62. The largest absolute Gasteiger partial charge is 0.493 e. The van der Waals surface area contributed by atoms with Crippen molar-refractivity contribution in [3.8, 4) is 11.5 Å². The lowest BCUT2D eigenvalue weighted by Crippen LogP contribution is -2.40. The maximum Gasteiger partial charge on any atom is 0.339 e. The molecule has 1 saturated heterocycles. The summed E-state index contributed by atoms with van der Waals surface area (Å²) in [4.78, 5) is 2.72. The number of methoxy groups -OCH3 is 1. The third kappa shape index (κ3) is 4.26. The summed E-state index contributed by atoms with van der Waals surface area (Å²) < 4.78 is 42.1. The number of ether oxygens (including phenoxy) is 2. The molecule has 0 aromatic heterocycles. The van der Waals surface area contributed by atoms with Crippen LogP contribution in [0.15, 0.2) is 65.6 Å². The molecule has 6 nitrogen and oxygen atoms in total. The Hall–Kier alpha value is -2.68. The van der Waals surface area contributed by atoms with Crippen LogP contribution in [0.5, 0.6) is 11.5 Å². The van der Waals surface area contributed by atoms with E-state index in [1.807, 2.05) is 29.2 Å². The minimum Gasteiger partial charge on any atom is -0.493 e. The first-order chi connectivity index (χ1) is 14.5. The Morgan fingerprint density at radius 1 is 0.967 bits per heavy atom. The number of benzene rings is 3. The third-order valence-corrected chi connectivity index (χ3v) is 6.64. The summed E-state index contributed by atoms with van der Waals surface area (Å²) in [5.74, 6) is 0.409. The second-order valence-electron chi connectivity index (χ2n) is 6.82. The van der Waals surface area contributed by atoms with Gasteiger partial charge in [0.1, 0.15) is 9.88 Å². The van der Waals surface area contributed by atoms with Gasteiger partial charge < -0.3 is 18.6 Å². The predicted molar refractivity (Wildman–Crippen MR) is 119 cm³/mol. The molecule has 0 atom stereocenters. The van der Waals surface area contributed by atoms with E-state index in [4.69, 9.17) is 25.9 Å². The van der Waals surface area contributed by atoms with E-state index in [9.17, 15) is 8.42 Å². The molecular formula is C22H21NO5S2. The molecule has 1 aliphatic rings. The molecule has 1 aliphatic heterocycles. The summed E-state index contributed by atoms with van der Waals surface area (Å²) in [6.07, 6.45) is 0. The molecule has 0 radical (unpaired) electrons. The van der Waals surface area contributed by atoms with Gasteiger partial charge in [0.25, 0.3) is 0 Å².